The molecule has 0 amide bonds. The fraction of sp³-hybridized carbons (Fsp3) is 0.323. The molecule has 0 unspecified atom stereocenters. The number of ether oxygens (including phenoxy) is 8. The van der Waals surface area contributed by atoms with Gasteiger partial charge in [-0.15, -0.1) is 0 Å². The molecule has 3 aromatic rings. The van der Waals surface area contributed by atoms with Gasteiger partial charge in [0.2, 0.25) is 0 Å². The van der Waals surface area contributed by atoms with Gasteiger partial charge in [-0.1, -0.05) is 0 Å². The zero-order chi connectivity index (χ0) is 31.6. The maximum absolute atomic E-state index is 13.0. The second kappa shape index (κ2) is 14.7. The minimum atomic E-state index is -1.20. The van der Waals surface area contributed by atoms with Gasteiger partial charge >= 0.3 is 17.9 Å². The molecule has 0 aliphatic heterocycles. The van der Waals surface area contributed by atoms with Crippen molar-refractivity contribution in [2.24, 2.45) is 5.41 Å². The van der Waals surface area contributed by atoms with Crippen LogP contribution in [0, 0.1) is 5.41 Å². The fourth-order valence-corrected chi connectivity index (χ4v) is 3.76. The van der Waals surface area contributed by atoms with Crippen LogP contribution >= 0.6 is 0 Å². The molecule has 3 aromatic carbocycles. The molecule has 0 heterocycles. The molecular weight excluding hydrogens is 564 g/mol. The monoisotopic (exact) mass is 598 g/mol. The first-order chi connectivity index (χ1) is 20.5. The van der Waals surface area contributed by atoms with Crippen LogP contribution in [0.1, 0.15) is 38.0 Å². The van der Waals surface area contributed by atoms with Crippen molar-refractivity contribution in [1.82, 2.24) is 0 Å². The van der Waals surface area contributed by atoms with Crippen LogP contribution in [0.25, 0.3) is 0 Å². The zero-order valence-electron chi connectivity index (χ0n) is 24.8. The largest absolute Gasteiger partial charge is 0.508 e. The van der Waals surface area contributed by atoms with Crippen LogP contribution in [-0.2, 0) is 14.2 Å². The van der Waals surface area contributed by atoms with Crippen molar-refractivity contribution in [2.45, 2.75) is 6.92 Å². The third-order valence-electron chi connectivity index (χ3n) is 6.19. The molecule has 12 nitrogen and oxygen atoms in total. The van der Waals surface area contributed by atoms with E-state index in [0.717, 1.165) is 0 Å². The van der Waals surface area contributed by atoms with E-state index in [1.165, 1.54) is 78.0 Å². The van der Waals surface area contributed by atoms with E-state index in [1.807, 2.05) is 0 Å². The van der Waals surface area contributed by atoms with Gasteiger partial charge in [-0.25, -0.2) is 14.4 Å². The fourth-order valence-electron chi connectivity index (χ4n) is 3.76. The molecule has 0 spiro atoms. The van der Waals surface area contributed by atoms with E-state index in [0.29, 0.717) is 23.0 Å². The number of carbonyl (C=O) groups excluding carboxylic acids is 3. The van der Waals surface area contributed by atoms with Crippen molar-refractivity contribution in [3.8, 4) is 34.5 Å². The number of hydrogen-bond donors (Lipinski definition) is 1. The van der Waals surface area contributed by atoms with Crippen molar-refractivity contribution in [1.29, 1.82) is 0 Å². The van der Waals surface area contributed by atoms with Crippen molar-refractivity contribution >= 4 is 17.9 Å². The molecular formula is C31H34O12. The van der Waals surface area contributed by atoms with E-state index in [9.17, 15) is 19.5 Å². The topological polar surface area (TPSA) is 145 Å². The van der Waals surface area contributed by atoms with Crippen molar-refractivity contribution in [2.75, 3.05) is 55.4 Å². The molecule has 0 aromatic heterocycles. The van der Waals surface area contributed by atoms with E-state index in [-0.39, 0.29) is 48.0 Å². The number of hydrogen-bond acceptors (Lipinski definition) is 12. The number of rotatable bonds is 14. The summed E-state index contributed by atoms with van der Waals surface area (Å²) < 4.78 is 42.6. The number of methoxy groups -OCH3 is 5. The summed E-state index contributed by atoms with van der Waals surface area (Å²) in [5, 5.41) is 9.92. The van der Waals surface area contributed by atoms with E-state index >= 15 is 0 Å². The molecule has 12 heteroatoms. The summed E-state index contributed by atoms with van der Waals surface area (Å²) in [5.74, 6) is -0.626. The molecule has 230 valence electrons. The first-order valence-electron chi connectivity index (χ1n) is 12.9. The Kier molecular flexibility index (Phi) is 11.0. The van der Waals surface area contributed by atoms with Crippen LogP contribution in [0.2, 0.25) is 0 Å². The average Bonchev–Trinajstić information content (AvgIpc) is 3.03. The summed E-state index contributed by atoms with van der Waals surface area (Å²) in [6, 6.07) is 13.1. The number of phenolic OH excluding ortho intramolecular Hbond substituents is 1. The third kappa shape index (κ3) is 8.93. The summed E-state index contributed by atoms with van der Waals surface area (Å²) in [7, 11) is 7.18. The number of esters is 3. The van der Waals surface area contributed by atoms with Crippen LogP contribution in [-0.4, -0.2) is 78.4 Å². The molecule has 43 heavy (non-hydrogen) atoms. The summed E-state index contributed by atoms with van der Waals surface area (Å²) in [6.45, 7) is 0.670. The van der Waals surface area contributed by atoms with Crippen LogP contribution in [0.4, 0.5) is 0 Å². The smallest absolute Gasteiger partial charge is 0.338 e. The Hall–Kier alpha value is -5.13. The molecule has 0 saturated heterocycles. The Balaban J connectivity index is 1.80. The lowest BCUT2D eigenvalue weighted by Crippen LogP contribution is -2.37. The molecule has 0 fully saturated rings. The minimum absolute atomic E-state index is 0.0279. The predicted octanol–water partition coefficient (Wildman–Crippen LogP) is 4.31. The molecule has 0 aliphatic rings. The quantitative estimate of drug-likeness (QED) is 0.208. The highest BCUT2D eigenvalue weighted by Crippen LogP contribution is 2.28. The highest BCUT2D eigenvalue weighted by Gasteiger charge is 2.32. The van der Waals surface area contributed by atoms with Gasteiger partial charge in [0.15, 0.2) is 0 Å². The normalized spacial score (nSPS) is 10.7. The summed E-state index contributed by atoms with van der Waals surface area (Å²) in [6.07, 6.45) is 0. The molecule has 0 atom stereocenters. The first kappa shape index (κ1) is 32.4. The predicted molar refractivity (Wildman–Crippen MR) is 153 cm³/mol. The standard InChI is InChI=1S/C31H34O12/c1-31(16-41-28(33)19-7-22(32)13-23(8-19)36-2,17-42-29(34)20-9-24(37-3)14-25(10-20)38-4)18-43-30(35)21-11-26(39-5)15-27(12-21)40-6/h7-15,32H,16-18H2,1-6H3. The van der Waals surface area contributed by atoms with Crippen LogP contribution in [0.3, 0.4) is 0 Å². The Morgan fingerprint density at radius 3 is 1.09 bits per heavy atom. The maximum atomic E-state index is 13.0. The lowest BCUT2D eigenvalue weighted by molar-refractivity contribution is -0.0288. The Bertz CT molecular complexity index is 1330. The lowest BCUT2D eigenvalue weighted by Gasteiger charge is -2.28. The molecule has 0 bridgehead atoms. The second-order valence-electron chi connectivity index (χ2n) is 9.66. The third-order valence-corrected chi connectivity index (χ3v) is 6.19. The molecule has 1 N–H and O–H groups in total. The SMILES string of the molecule is COc1cc(O)cc(C(=O)OCC(C)(COC(=O)c2cc(OC)cc(OC)c2)COC(=O)c2cc(OC)cc(OC)c2)c1. The maximum Gasteiger partial charge on any atom is 0.338 e. The van der Waals surface area contributed by atoms with Gasteiger partial charge in [0.1, 0.15) is 54.3 Å². The van der Waals surface area contributed by atoms with Crippen LogP contribution in [0.5, 0.6) is 34.5 Å². The number of benzene rings is 3. The number of phenols is 1. The van der Waals surface area contributed by atoms with Crippen molar-refractivity contribution in [3.63, 3.8) is 0 Å². The summed E-state index contributed by atoms with van der Waals surface area (Å²) in [5.41, 5.74) is -0.862. The molecule has 0 radical (unpaired) electrons. The average molecular weight is 599 g/mol. The van der Waals surface area contributed by atoms with Crippen LogP contribution in [0.15, 0.2) is 54.6 Å². The molecule has 0 saturated carbocycles. The Morgan fingerprint density at radius 1 is 0.512 bits per heavy atom. The summed E-state index contributed by atoms with van der Waals surface area (Å²) in [4.78, 5) is 38.8. The molecule has 0 aliphatic carbocycles. The first-order valence-corrected chi connectivity index (χ1v) is 12.9. The van der Waals surface area contributed by atoms with Crippen molar-refractivity contribution < 1.29 is 57.4 Å². The highest BCUT2D eigenvalue weighted by molar-refractivity contribution is 5.91. The molecule has 3 rings (SSSR count). The highest BCUT2D eigenvalue weighted by atomic mass is 16.6. The van der Waals surface area contributed by atoms with Gasteiger partial charge < -0.3 is 43.0 Å². The Labute approximate surface area is 248 Å². The van der Waals surface area contributed by atoms with Gasteiger partial charge in [-0.2, -0.15) is 0 Å². The van der Waals surface area contributed by atoms with E-state index in [2.05, 4.69) is 0 Å². The Morgan fingerprint density at radius 2 is 0.791 bits per heavy atom. The van der Waals surface area contributed by atoms with Crippen molar-refractivity contribution in [3.05, 3.63) is 71.3 Å². The van der Waals surface area contributed by atoms with Gasteiger partial charge in [-0.3, -0.25) is 0 Å². The minimum Gasteiger partial charge on any atom is -0.508 e. The van der Waals surface area contributed by atoms with Gasteiger partial charge in [0, 0.05) is 18.2 Å². The zero-order valence-corrected chi connectivity index (χ0v) is 24.8. The van der Waals surface area contributed by atoms with E-state index in [4.69, 9.17) is 37.9 Å². The number of aromatic hydroxyl groups is 1. The lowest BCUT2D eigenvalue weighted by atomic mass is 9.94. The summed E-state index contributed by atoms with van der Waals surface area (Å²) >= 11 is 0. The second-order valence-corrected chi connectivity index (χ2v) is 9.66. The number of carbonyl (C=O) groups is 3. The van der Waals surface area contributed by atoms with E-state index < -0.39 is 23.3 Å². The van der Waals surface area contributed by atoms with Gasteiger partial charge in [-0.05, 0) is 43.3 Å². The van der Waals surface area contributed by atoms with Gasteiger partial charge in [0.05, 0.1) is 57.7 Å². The van der Waals surface area contributed by atoms with E-state index in [1.54, 1.807) is 19.1 Å². The van der Waals surface area contributed by atoms with Gasteiger partial charge in [0.25, 0.3) is 0 Å². The van der Waals surface area contributed by atoms with Crippen LogP contribution < -0.4 is 23.7 Å².